The molecule has 0 radical (unpaired) electrons. The lowest BCUT2D eigenvalue weighted by Crippen LogP contribution is -2.32. The molecule has 3 N–H and O–H groups in total. The Morgan fingerprint density at radius 3 is 2.52 bits per heavy atom. The van der Waals surface area contributed by atoms with Crippen LogP contribution in [0.1, 0.15) is 28.2 Å². The fraction of sp³-hybridized carbons (Fsp3) is 0.222. The molecule has 0 aliphatic heterocycles. The number of methoxy groups -OCH3 is 2. The smallest absolute Gasteiger partial charge is 0.170 e. The number of para-hydroxylation sites is 2. The molecule has 6 heteroatoms. The van der Waals surface area contributed by atoms with E-state index in [9.17, 15) is 0 Å². The maximum Gasteiger partial charge on any atom is 0.170 e. The molecule has 0 fully saturated rings. The number of thiocarbonyl (C=S) groups is 1. The van der Waals surface area contributed by atoms with Crippen LogP contribution in [0.15, 0.2) is 66.9 Å². The van der Waals surface area contributed by atoms with Crippen LogP contribution in [0.2, 0.25) is 0 Å². The quantitative estimate of drug-likeness (QED) is 0.300. The molecule has 0 saturated heterocycles. The number of aryl methyl sites for hydroxylation is 2. The highest BCUT2D eigenvalue weighted by molar-refractivity contribution is 7.80. The highest BCUT2D eigenvalue weighted by atomic mass is 32.1. The molecule has 33 heavy (non-hydrogen) atoms. The Morgan fingerprint density at radius 1 is 0.939 bits per heavy atom. The van der Waals surface area contributed by atoms with Gasteiger partial charge in [-0.2, -0.15) is 0 Å². The first kappa shape index (κ1) is 22.7. The number of ether oxygens (including phenoxy) is 2. The van der Waals surface area contributed by atoms with Crippen molar-refractivity contribution in [3.8, 4) is 11.5 Å². The van der Waals surface area contributed by atoms with E-state index in [-0.39, 0.29) is 5.92 Å². The molecule has 0 aliphatic carbocycles. The zero-order valence-electron chi connectivity index (χ0n) is 19.4. The minimum Gasteiger partial charge on any atom is -0.493 e. The van der Waals surface area contributed by atoms with Crippen molar-refractivity contribution in [3.63, 3.8) is 0 Å². The number of benzene rings is 3. The van der Waals surface area contributed by atoms with E-state index >= 15 is 0 Å². The van der Waals surface area contributed by atoms with Gasteiger partial charge < -0.3 is 25.1 Å². The first-order valence-corrected chi connectivity index (χ1v) is 11.3. The van der Waals surface area contributed by atoms with E-state index in [0.717, 1.165) is 22.5 Å². The molecule has 0 bridgehead atoms. The number of hydrogen-bond acceptors (Lipinski definition) is 3. The highest BCUT2D eigenvalue weighted by Crippen LogP contribution is 2.40. The van der Waals surface area contributed by atoms with E-state index in [1.165, 1.54) is 22.1 Å². The summed E-state index contributed by atoms with van der Waals surface area (Å²) in [6.07, 6.45) is 2.07. The van der Waals surface area contributed by atoms with E-state index in [1.54, 1.807) is 14.2 Å². The Kier molecular flexibility index (Phi) is 6.84. The molecular formula is C27H29N3O2S. The normalized spacial score (nSPS) is 11.8. The second-order valence-electron chi connectivity index (χ2n) is 8.06. The predicted molar refractivity (Wildman–Crippen MR) is 140 cm³/mol. The van der Waals surface area contributed by atoms with Gasteiger partial charge in [0.2, 0.25) is 0 Å². The van der Waals surface area contributed by atoms with Gasteiger partial charge in [0.25, 0.3) is 0 Å². The van der Waals surface area contributed by atoms with Gasteiger partial charge in [-0.1, -0.05) is 36.4 Å². The van der Waals surface area contributed by atoms with Crippen molar-refractivity contribution in [3.05, 3.63) is 89.1 Å². The van der Waals surface area contributed by atoms with Crippen molar-refractivity contribution < 1.29 is 9.47 Å². The lowest BCUT2D eigenvalue weighted by molar-refractivity contribution is 0.350. The molecular weight excluding hydrogens is 430 g/mol. The SMILES string of the molecule is COc1cccc(C(CNC(=S)Nc2ccc(C)c(C)c2)c2c[nH]c3ccccc23)c1OC. The molecule has 0 aliphatic rings. The molecule has 1 aromatic heterocycles. The fourth-order valence-electron chi connectivity index (χ4n) is 4.15. The zero-order chi connectivity index (χ0) is 23.4. The van der Waals surface area contributed by atoms with E-state index in [1.807, 2.05) is 24.3 Å². The summed E-state index contributed by atoms with van der Waals surface area (Å²) in [5, 5.41) is 8.47. The first-order chi connectivity index (χ1) is 16.0. The number of hydrogen-bond donors (Lipinski definition) is 3. The van der Waals surface area contributed by atoms with Crippen LogP contribution >= 0.6 is 12.2 Å². The first-order valence-electron chi connectivity index (χ1n) is 10.9. The molecule has 5 nitrogen and oxygen atoms in total. The third kappa shape index (κ3) is 4.81. The summed E-state index contributed by atoms with van der Waals surface area (Å²) in [6, 6.07) is 20.5. The van der Waals surface area contributed by atoms with Gasteiger partial charge >= 0.3 is 0 Å². The largest absolute Gasteiger partial charge is 0.493 e. The Hall–Kier alpha value is -3.51. The van der Waals surface area contributed by atoms with Crippen LogP contribution in [-0.4, -0.2) is 30.9 Å². The van der Waals surface area contributed by atoms with E-state index < -0.39 is 0 Å². The average molecular weight is 460 g/mol. The van der Waals surface area contributed by atoms with Crippen LogP contribution in [0.3, 0.4) is 0 Å². The second kappa shape index (κ2) is 9.96. The Labute approximate surface area is 200 Å². The van der Waals surface area contributed by atoms with Gasteiger partial charge in [0.1, 0.15) is 0 Å². The third-order valence-corrected chi connectivity index (χ3v) is 6.28. The van der Waals surface area contributed by atoms with Crippen LogP contribution in [-0.2, 0) is 0 Å². The van der Waals surface area contributed by atoms with Crippen molar-refractivity contribution in [2.45, 2.75) is 19.8 Å². The topological polar surface area (TPSA) is 58.3 Å². The number of rotatable bonds is 7. The van der Waals surface area contributed by atoms with Gasteiger partial charge in [-0.25, -0.2) is 0 Å². The van der Waals surface area contributed by atoms with Gasteiger partial charge in [0.05, 0.1) is 14.2 Å². The number of nitrogens with one attached hydrogen (secondary N) is 3. The van der Waals surface area contributed by atoms with Gasteiger partial charge in [0.15, 0.2) is 16.6 Å². The van der Waals surface area contributed by atoms with Gasteiger partial charge in [-0.15, -0.1) is 0 Å². The van der Waals surface area contributed by atoms with Gasteiger partial charge in [-0.05, 0) is 67.0 Å². The molecule has 170 valence electrons. The lowest BCUT2D eigenvalue weighted by atomic mass is 9.90. The van der Waals surface area contributed by atoms with E-state index in [2.05, 4.69) is 72.1 Å². The molecule has 4 rings (SSSR count). The van der Waals surface area contributed by atoms with Gasteiger partial charge in [-0.3, -0.25) is 0 Å². The van der Waals surface area contributed by atoms with Crippen LogP contribution < -0.4 is 20.1 Å². The molecule has 1 atom stereocenters. The molecule has 0 amide bonds. The second-order valence-corrected chi connectivity index (χ2v) is 8.47. The van der Waals surface area contributed by atoms with Crippen LogP contribution in [0.5, 0.6) is 11.5 Å². The van der Waals surface area contributed by atoms with Crippen LogP contribution in [0.25, 0.3) is 10.9 Å². The van der Waals surface area contributed by atoms with Crippen molar-refractivity contribution in [1.82, 2.24) is 10.3 Å². The third-order valence-electron chi connectivity index (χ3n) is 6.04. The summed E-state index contributed by atoms with van der Waals surface area (Å²) < 4.78 is 11.3. The molecule has 1 unspecified atom stereocenters. The number of fused-ring (bicyclic) bond motifs is 1. The number of aromatic nitrogens is 1. The molecule has 0 spiro atoms. The van der Waals surface area contributed by atoms with Crippen molar-refractivity contribution in [1.29, 1.82) is 0 Å². The molecule has 3 aromatic carbocycles. The summed E-state index contributed by atoms with van der Waals surface area (Å²) in [6.45, 7) is 4.78. The summed E-state index contributed by atoms with van der Waals surface area (Å²) in [5.74, 6) is 1.41. The number of anilines is 1. The maximum atomic E-state index is 5.77. The fourth-order valence-corrected chi connectivity index (χ4v) is 4.35. The Bertz CT molecular complexity index is 1280. The predicted octanol–water partition coefficient (Wildman–Crippen LogP) is 5.92. The maximum absolute atomic E-state index is 5.77. The van der Waals surface area contributed by atoms with Crippen molar-refractivity contribution >= 4 is 33.9 Å². The molecule has 4 aromatic rings. The van der Waals surface area contributed by atoms with Crippen molar-refractivity contribution in [2.24, 2.45) is 0 Å². The minimum absolute atomic E-state index is 0.0225. The zero-order valence-corrected chi connectivity index (χ0v) is 20.2. The van der Waals surface area contributed by atoms with Crippen LogP contribution in [0.4, 0.5) is 5.69 Å². The standard InChI is InChI=1S/C27H29N3O2S/c1-17-12-13-19(14-18(17)2)30-27(33)29-16-23(21-9-7-11-25(31-3)26(21)32-4)22-15-28-24-10-6-5-8-20(22)24/h5-15,23,28H,16H2,1-4H3,(H2,29,30,33). The highest BCUT2D eigenvalue weighted by Gasteiger charge is 2.24. The van der Waals surface area contributed by atoms with Gasteiger partial charge in [0, 0.05) is 40.8 Å². The van der Waals surface area contributed by atoms with Crippen molar-refractivity contribution in [2.75, 3.05) is 26.1 Å². The Morgan fingerprint density at radius 2 is 1.76 bits per heavy atom. The molecule has 1 heterocycles. The minimum atomic E-state index is -0.0225. The lowest BCUT2D eigenvalue weighted by Gasteiger charge is -2.23. The Balaban J connectivity index is 1.65. The van der Waals surface area contributed by atoms with E-state index in [0.29, 0.717) is 17.4 Å². The summed E-state index contributed by atoms with van der Waals surface area (Å²) in [4.78, 5) is 3.40. The summed E-state index contributed by atoms with van der Waals surface area (Å²) in [5.41, 5.74) is 6.74. The number of aromatic amines is 1. The number of H-pyrrole nitrogens is 1. The summed E-state index contributed by atoms with van der Waals surface area (Å²) in [7, 11) is 3.33. The summed E-state index contributed by atoms with van der Waals surface area (Å²) >= 11 is 5.63. The molecule has 0 saturated carbocycles. The van der Waals surface area contributed by atoms with Crippen LogP contribution in [0, 0.1) is 13.8 Å². The van der Waals surface area contributed by atoms with E-state index in [4.69, 9.17) is 21.7 Å². The average Bonchev–Trinajstić information content (AvgIpc) is 3.25. The monoisotopic (exact) mass is 459 g/mol.